The molecular weight excluding hydrogens is 516 g/mol. The van der Waals surface area contributed by atoms with Gasteiger partial charge in [-0.2, -0.15) is 10.2 Å². The van der Waals surface area contributed by atoms with Crippen molar-refractivity contribution in [3.05, 3.63) is 126 Å². The second-order valence-electron chi connectivity index (χ2n) is 8.82. The average Bonchev–Trinajstić information content (AvgIpc) is 3.63. The largest absolute Gasteiger partial charge is 0.494 e. The Morgan fingerprint density at radius 1 is 0.900 bits per heavy atom. The molecule has 0 radical (unpaired) electrons. The van der Waals surface area contributed by atoms with Crippen LogP contribution in [0.25, 0.3) is 27.2 Å². The minimum atomic E-state index is 0.554. The second-order valence-corrected chi connectivity index (χ2v) is 9.85. The third-order valence-corrected chi connectivity index (χ3v) is 7.11. The SMILES string of the molecule is CCOc1ccc(N=C(N/N=C/c2cn(-c3ccccc3)nc2-c2ccccc2)c2nc3ccccc3s2)cc1. The molecule has 40 heavy (non-hydrogen) atoms. The van der Waals surface area contributed by atoms with Crippen LogP contribution < -0.4 is 10.2 Å². The molecule has 4 aromatic carbocycles. The lowest BCUT2D eigenvalue weighted by molar-refractivity contribution is 0.340. The minimum absolute atomic E-state index is 0.554. The topological polar surface area (TPSA) is 76.7 Å². The van der Waals surface area contributed by atoms with Crippen molar-refractivity contribution < 1.29 is 4.74 Å². The van der Waals surface area contributed by atoms with Crippen LogP contribution in [0.2, 0.25) is 0 Å². The monoisotopic (exact) mass is 542 g/mol. The predicted molar refractivity (Wildman–Crippen MR) is 163 cm³/mol. The Balaban J connectivity index is 1.35. The van der Waals surface area contributed by atoms with Gasteiger partial charge >= 0.3 is 0 Å². The van der Waals surface area contributed by atoms with Crippen LogP contribution in [0, 0.1) is 0 Å². The highest BCUT2D eigenvalue weighted by Gasteiger charge is 2.13. The van der Waals surface area contributed by atoms with Crippen LogP contribution in [0.3, 0.4) is 0 Å². The smallest absolute Gasteiger partial charge is 0.183 e. The van der Waals surface area contributed by atoms with Gasteiger partial charge < -0.3 is 4.74 Å². The first-order chi connectivity index (χ1) is 19.8. The van der Waals surface area contributed by atoms with E-state index in [4.69, 9.17) is 19.8 Å². The number of benzene rings is 4. The summed E-state index contributed by atoms with van der Waals surface area (Å²) in [6.07, 6.45) is 3.75. The molecule has 6 rings (SSSR count). The maximum Gasteiger partial charge on any atom is 0.183 e. The molecule has 0 aliphatic rings. The van der Waals surface area contributed by atoms with E-state index in [-0.39, 0.29) is 0 Å². The van der Waals surface area contributed by atoms with E-state index in [9.17, 15) is 0 Å². The van der Waals surface area contributed by atoms with Gasteiger partial charge in [0, 0.05) is 17.3 Å². The van der Waals surface area contributed by atoms with Gasteiger partial charge in [0.15, 0.2) is 10.8 Å². The summed E-state index contributed by atoms with van der Waals surface area (Å²) in [5.41, 5.74) is 8.53. The normalized spacial score (nSPS) is 11.8. The summed E-state index contributed by atoms with van der Waals surface area (Å²) in [6, 6.07) is 35.8. The molecule has 2 aromatic heterocycles. The van der Waals surface area contributed by atoms with Gasteiger partial charge in [-0.25, -0.2) is 14.7 Å². The van der Waals surface area contributed by atoms with Crippen molar-refractivity contribution in [2.75, 3.05) is 6.61 Å². The van der Waals surface area contributed by atoms with Crippen molar-refractivity contribution in [2.24, 2.45) is 10.1 Å². The predicted octanol–water partition coefficient (Wildman–Crippen LogP) is 7.25. The van der Waals surface area contributed by atoms with Gasteiger partial charge in [-0.05, 0) is 55.5 Å². The first kappa shape index (κ1) is 25.2. The molecule has 0 unspecified atom stereocenters. The van der Waals surface area contributed by atoms with Gasteiger partial charge in [0.25, 0.3) is 0 Å². The third kappa shape index (κ3) is 5.67. The second kappa shape index (κ2) is 11.8. The van der Waals surface area contributed by atoms with Crippen LogP contribution in [-0.4, -0.2) is 33.4 Å². The summed E-state index contributed by atoms with van der Waals surface area (Å²) in [6.45, 7) is 2.58. The molecule has 0 atom stereocenters. The number of hydrazone groups is 1. The zero-order valence-electron chi connectivity index (χ0n) is 21.8. The van der Waals surface area contributed by atoms with Gasteiger partial charge in [-0.1, -0.05) is 60.7 Å². The van der Waals surface area contributed by atoms with E-state index < -0.39 is 0 Å². The summed E-state index contributed by atoms with van der Waals surface area (Å²) in [5.74, 6) is 1.36. The van der Waals surface area contributed by atoms with Crippen molar-refractivity contribution in [1.29, 1.82) is 0 Å². The van der Waals surface area contributed by atoms with E-state index >= 15 is 0 Å². The van der Waals surface area contributed by atoms with Crippen molar-refractivity contribution >= 4 is 39.3 Å². The van der Waals surface area contributed by atoms with Gasteiger partial charge in [0.05, 0.1) is 34.4 Å². The summed E-state index contributed by atoms with van der Waals surface area (Å²) < 4.78 is 8.53. The average molecular weight is 543 g/mol. The lowest BCUT2D eigenvalue weighted by Crippen LogP contribution is -2.18. The van der Waals surface area contributed by atoms with Gasteiger partial charge in [0.2, 0.25) is 0 Å². The standard InChI is InChI=1S/C32H26N6OS/c1-2-39-27-19-17-25(18-20-27)34-31(32-35-28-15-9-10-16-29(28)40-32)36-33-21-24-22-38(26-13-7-4-8-14-26)37-30(24)23-11-5-3-6-12-23/h3-22H,2H2,1H3,(H,34,36)/b33-21+. The lowest BCUT2D eigenvalue weighted by Gasteiger charge is -2.05. The van der Waals surface area contributed by atoms with Crippen LogP contribution in [0.4, 0.5) is 5.69 Å². The number of aromatic nitrogens is 3. The number of nitrogens with zero attached hydrogens (tertiary/aromatic N) is 5. The number of thiazole rings is 1. The molecule has 0 saturated heterocycles. The van der Waals surface area contributed by atoms with Crippen LogP contribution in [0.5, 0.6) is 5.75 Å². The van der Waals surface area contributed by atoms with Crippen molar-refractivity contribution in [3.63, 3.8) is 0 Å². The quantitative estimate of drug-likeness (QED) is 0.125. The fourth-order valence-corrected chi connectivity index (χ4v) is 5.09. The number of ether oxygens (including phenoxy) is 1. The molecule has 0 amide bonds. The van der Waals surface area contributed by atoms with Crippen molar-refractivity contribution in [2.45, 2.75) is 6.92 Å². The molecule has 6 aromatic rings. The number of rotatable bonds is 8. The fraction of sp³-hybridized carbons (Fsp3) is 0.0625. The van der Waals surface area contributed by atoms with Crippen LogP contribution in [0.1, 0.15) is 17.5 Å². The molecule has 196 valence electrons. The zero-order valence-corrected chi connectivity index (χ0v) is 22.6. The summed E-state index contributed by atoms with van der Waals surface area (Å²) >= 11 is 1.56. The lowest BCUT2D eigenvalue weighted by atomic mass is 10.1. The highest BCUT2D eigenvalue weighted by atomic mass is 32.1. The van der Waals surface area contributed by atoms with E-state index in [2.05, 4.69) is 16.6 Å². The third-order valence-electron chi connectivity index (χ3n) is 6.07. The van der Waals surface area contributed by atoms with Gasteiger partial charge in [0.1, 0.15) is 11.4 Å². The molecule has 8 heteroatoms. The Bertz CT molecular complexity index is 1740. The van der Waals surface area contributed by atoms with Crippen LogP contribution in [-0.2, 0) is 0 Å². The zero-order chi connectivity index (χ0) is 27.1. The Morgan fingerprint density at radius 2 is 1.62 bits per heavy atom. The Hall–Kier alpha value is -5.08. The first-order valence-electron chi connectivity index (χ1n) is 12.9. The van der Waals surface area contributed by atoms with Crippen molar-refractivity contribution in [3.8, 4) is 22.7 Å². The molecule has 0 bridgehead atoms. The van der Waals surface area contributed by atoms with E-state index in [1.807, 2.05) is 121 Å². The van der Waals surface area contributed by atoms with Gasteiger partial charge in [-0.15, -0.1) is 11.3 Å². The van der Waals surface area contributed by atoms with E-state index in [1.54, 1.807) is 17.6 Å². The maximum absolute atomic E-state index is 5.58. The Morgan fingerprint density at radius 3 is 2.38 bits per heavy atom. The highest BCUT2D eigenvalue weighted by molar-refractivity contribution is 7.20. The molecule has 0 spiro atoms. The molecule has 0 aliphatic heterocycles. The number of hydrogen-bond acceptors (Lipinski definition) is 6. The number of fused-ring (bicyclic) bond motifs is 1. The summed E-state index contributed by atoms with van der Waals surface area (Å²) in [4.78, 5) is 9.65. The number of amidine groups is 1. The van der Waals surface area contributed by atoms with Crippen LogP contribution in [0.15, 0.2) is 125 Å². The Kier molecular flexibility index (Phi) is 7.41. The molecule has 2 heterocycles. The van der Waals surface area contributed by atoms with E-state index in [0.717, 1.165) is 49.2 Å². The van der Waals surface area contributed by atoms with Gasteiger partial charge in [-0.3, -0.25) is 5.43 Å². The van der Waals surface area contributed by atoms with E-state index in [1.165, 1.54) is 0 Å². The molecule has 7 nitrogen and oxygen atoms in total. The maximum atomic E-state index is 5.58. The minimum Gasteiger partial charge on any atom is -0.494 e. The number of aliphatic imine (C=N–C) groups is 1. The molecule has 0 saturated carbocycles. The summed E-state index contributed by atoms with van der Waals surface area (Å²) in [7, 11) is 0. The molecular formula is C32H26N6OS. The number of nitrogens with one attached hydrogen (secondary N) is 1. The molecule has 0 aliphatic carbocycles. The number of hydrogen-bond donors (Lipinski definition) is 1. The molecule has 0 fully saturated rings. The van der Waals surface area contributed by atoms with Crippen LogP contribution >= 0.6 is 11.3 Å². The van der Waals surface area contributed by atoms with Crippen molar-refractivity contribution in [1.82, 2.24) is 20.2 Å². The fourth-order valence-electron chi connectivity index (χ4n) is 4.18. The summed E-state index contributed by atoms with van der Waals surface area (Å²) in [5, 5.41) is 10.2. The highest BCUT2D eigenvalue weighted by Crippen LogP contribution is 2.25. The number of para-hydroxylation sites is 2. The first-order valence-corrected chi connectivity index (χ1v) is 13.8. The Labute approximate surface area is 236 Å². The molecule has 1 N–H and O–H groups in total. The van der Waals surface area contributed by atoms with E-state index in [0.29, 0.717) is 12.4 Å².